The summed E-state index contributed by atoms with van der Waals surface area (Å²) in [7, 11) is 1.70. The highest BCUT2D eigenvalue weighted by Crippen LogP contribution is 2.32. The lowest BCUT2D eigenvalue weighted by atomic mass is 10.1. The first-order valence-electron chi connectivity index (χ1n) is 7.21. The van der Waals surface area contributed by atoms with Gasteiger partial charge in [0.15, 0.2) is 0 Å². The van der Waals surface area contributed by atoms with E-state index >= 15 is 0 Å². The fraction of sp³-hybridized carbons (Fsp3) is 0.412. The largest absolute Gasteiger partial charge is 0.495 e. The van der Waals surface area contributed by atoms with E-state index in [9.17, 15) is 0 Å². The van der Waals surface area contributed by atoms with Crippen molar-refractivity contribution in [2.24, 2.45) is 0 Å². The summed E-state index contributed by atoms with van der Waals surface area (Å²) in [5, 5.41) is 3.52. The highest BCUT2D eigenvalue weighted by Gasteiger charge is 2.11. The molecule has 0 unspecified atom stereocenters. The summed E-state index contributed by atoms with van der Waals surface area (Å²) in [6.07, 6.45) is 0. The SMILES string of the molecule is CCn1c(C)cc(CNc2c(C)cc(Br)cc2OC)c1C. The summed E-state index contributed by atoms with van der Waals surface area (Å²) < 4.78 is 8.85. The number of hydrogen-bond donors (Lipinski definition) is 1. The van der Waals surface area contributed by atoms with Gasteiger partial charge in [0, 0.05) is 29.0 Å². The van der Waals surface area contributed by atoms with Crippen molar-refractivity contribution in [3.8, 4) is 5.75 Å². The molecule has 0 saturated heterocycles. The number of nitrogens with one attached hydrogen (secondary N) is 1. The first kappa shape index (κ1) is 16.0. The van der Waals surface area contributed by atoms with Crippen LogP contribution < -0.4 is 10.1 Å². The molecule has 114 valence electrons. The minimum absolute atomic E-state index is 0.804. The Balaban J connectivity index is 2.25. The van der Waals surface area contributed by atoms with E-state index < -0.39 is 0 Å². The first-order valence-corrected chi connectivity index (χ1v) is 8.00. The zero-order valence-electron chi connectivity index (χ0n) is 13.4. The van der Waals surface area contributed by atoms with Crippen molar-refractivity contribution >= 4 is 21.6 Å². The molecule has 0 spiro atoms. The summed E-state index contributed by atoms with van der Waals surface area (Å²) in [6.45, 7) is 10.4. The number of ether oxygens (including phenoxy) is 1. The molecule has 0 aliphatic heterocycles. The monoisotopic (exact) mass is 350 g/mol. The van der Waals surface area contributed by atoms with Gasteiger partial charge in [0.1, 0.15) is 5.75 Å². The maximum atomic E-state index is 5.48. The van der Waals surface area contributed by atoms with Crippen molar-refractivity contribution in [3.63, 3.8) is 0 Å². The van der Waals surface area contributed by atoms with Gasteiger partial charge in [-0.25, -0.2) is 0 Å². The Kier molecular flexibility index (Phi) is 4.99. The molecule has 2 aromatic rings. The molecule has 0 amide bonds. The van der Waals surface area contributed by atoms with E-state index in [1.165, 1.54) is 22.5 Å². The average Bonchev–Trinajstić information content (AvgIpc) is 2.71. The highest BCUT2D eigenvalue weighted by atomic mass is 79.9. The van der Waals surface area contributed by atoms with E-state index in [4.69, 9.17) is 4.74 Å². The smallest absolute Gasteiger partial charge is 0.143 e. The van der Waals surface area contributed by atoms with Gasteiger partial charge in [-0.15, -0.1) is 0 Å². The first-order chi connectivity index (χ1) is 9.97. The van der Waals surface area contributed by atoms with Gasteiger partial charge in [-0.1, -0.05) is 15.9 Å². The van der Waals surface area contributed by atoms with Crippen LogP contribution in [0.1, 0.15) is 29.4 Å². The van der Waals surface area contributed by atoms with Gasteiger partial charge in [-0.3, -0.25) is 0 Å². The Morgan fingerprint density at radius 2 is 1.90 bits per heavy atom. The number of nitrogens with zero attached hydrogens (tertiary/aromatic N) is 1. The van der Waals surface area contributed by atoms with Gasteiger partial charge >= 0.3 is 0 Å². The fourth-order valence-corrected chi connectivity index (χ4v) is 3.37. The summed E-state index contributed by atoms with van der Waals surface area (Å²) in [5.74, 6) is 0.867. The summed E-state index contributed by atoms with van der Waals surface area (Å²) in [6, 6.07) is 6.34. The lowest BCUT2D eigenvalue weighted by Crippen LogP contribution is -2.05. The van der Waals surface area contributed by atoms with Crippen LogP contribution in [-0.2, 0) is 13.1 Å². The van der Waals surface area contributed by atoms with Crippen molar-refractivity contribution in [2.45, 2.75) is 40.8 Å². The molecule has 1 heterocycles. The summed E-state index contributed by atoms with van der Waals surface area (Å²) in [4.78, 5) is 0. The quantitative estimate of drug-likeness (QED) is 0.836. The number of aryl methyl sites for hydroxylation is 2. The lowest BCUT2D eigenvalue weighted by molar-refractivity contribution is 0.416. The predicted octanol–water partition coefficient (Wildman–Crippen LogP) is 4.82. The van der Waals surface area contributed by atoms with E-state index in [0.717, 1.165) is 29.0 Å². The Bertz CT molecular complexity index is 647. The predicted molar refractivity (Wildman–Crippen MR) is 92.3 cm³/mol. The topological polar surface area (TPSA) is 26.2 Å². The van der Waals surface area contributed by atoms with E-state index in [0.29, 0.717) is 0 Å². The van der Waals surface area contributed by atoms with Gasteiger partial charge in [0.05, 0.1) is 12.8 Å². The number of methoxy groups -OCH3 is 1. The molecule has 2 rings (SSSR count). The van der Waals surface area contributed by atoms with Crippen LogP contribution in [0.2, 0.25) is 0 Å². The van der Waals surface area contributed by atoms with Crippen LogP contribution in [0.4, 0.5) is 5.69 Å². The average molecular weight is 351 g/mol. The molecule has 0 radical (unpaired) electrons. The van der Waals surface area contributed by atoms with Crippen molar-refractivity contribution in [3.05, 3.63) is 45.2 Å². The molecule has 1 aromatic heterocycles. The summed E-state index contributed by atoms with van der Waals surface area (Å²) >= 11 is 3.51. The third-order valence-electron chi connectivity index (χ3n) is 3.93. The maximum absolute atomic E-state index is 5.48. The standard InChI is InChI=1S/C17H23BrN2O/c1-6-20-12(3)8-14(13(20)4)10-19-17-11(2)7-15(18)9-16(17)21-5/h7-9,19H,6,10H2,1-5H3. The van der Waals surface area contributed by atoms with Crippen molar-refractivity contribution < 1.29 is 4.74 Å². The van der Waals surface area contributed by atoms with Gasteiger partial charge in [-0.05, 0) is 57.0 Å². The number of hydrogen-bond acceptors (Lipinski definition) is 2. The summed E-state index contributed by atoms with van der Waals surface area (Å²) in [5.41, 5.74) is 6.20. The minimum atomic E-state index is 0.804. The third-order valence-corrected chi connectivity index (χ3v) is 4.39. The van der Waals surface area contributed by atoms with Gasteiger partial charge in [0.2, 0.25) is 0 Å². The van der Waals surface area contributed by atoms with Crippen molar-refractivity contribution in [1.29, 1.82) is 0 Å². The number of rotatable bonds is 5. The molecular formula is C17H23BrN2O. The molecule has 4 heteroatoms. The second-order valence-corrected chi connectivity index (χ2v) is 6.21. The molecule has 0 saturated carbocycles. The Labute approximate surface area is 135 Å². The van der Waals surface area contributed by atoms with E-state index in [2.05, 4.69) is 65.6 Å². The zero-order valence-corrected chi connectivity index (χ0v) is 15.0. The second kappa shape index (κ2) is 6.56. The Morgan fingerprint density at radius 3 is 2.48 bits per heavy atom. The normalized spacial score (nSPS) is 10.8. The number of aromatic nitrogens is 1. The van der Waals surface area contributed by atoms with Crippen LogP contribution in [0.5, 0.6) is 5.75 Å². The molecule has 0 fully saturated rings. The molecule has 3 nitrogen and oxygen atoms in total. The van der Waals surface area contributed by atoms with Crippen LogP contribution in [0, 0.1) is 20.8 Å². The molecule has 0 atom stereocenters. The molecule has 0 aliphatic rings. The van der Waals surface area contributed by atoms with E-state index in [1.807, 2.05) is 6.07 Å². The molecule has 21 heavy (non-hydrogen) atoms. The van der Waals surface area contributed by atoms with Crippen LogP contribution in [-0.4, -0.2) is 11.7 Å². The lowest BCUT2D eigenvalue weighted by Gasteiger charge is -2.15. The van der Waals surface area contributed by atoms with Crippen molar-refractivity contribution in [2.75, 3.05) is 12.4 Å². The number of benzene rings is 1. The molecular weight excluding hydrogens is 328 g/mol. The molecule has 1 aromatic carbocycles. The minimum Gasteiger partial charge on any atom is -0.495 e. The Morgan fingerprint density at radius 1 is 1.19 bits per heavy atom. The molecule has 1 N–H and O–H groups in total. The highest BCUT2D eigenvalue weighted by molar-refractivity contribution is 9.10. The van der Waals surface area contributed by atoms with Crippen LogP contribution >= 0.6 is 15.9 Å². The fourth-order valence-electron chi connectivity index (χ4n) is 2.82. The van der Waals surface area contributed by atoms with Gasteiger partial charge < -0.3 is 14.6 Å². The molecule has 0 aliphatic carbocycles. The van der Waals surface area contributed by atoms with Crippen molar-refractivity contribution in [1.82, 2.24) is 4.57 Å². The van der Waals surface area contributed by atoms with E-state index in [-0.39, 0.29) is 0 Å². The zero-order chi connectivity index (χ0) is 15.6. The number of anilines is 1. The van der Waals surface area contributed by atoms with Crippen LogP contribution in [0.25, 0.3) is 0 Å². The van der Waals surface area contributed by atoms with Crippen LogP contribution in [0.15, 0.2) is 22.7 Å². The molecule has 0 bridgehead atoms. The number of halogens is 1. The Hall–Kier alpha value is -1.42. The van der Waals surface area contributed by atoms with Gasteiger partial charge in [-0.2, -0.15) is 0 Å². The maximum Gasteiger partial charge on any atom is 0.143 e. The second-order valence-electron chi connectivity index (χ2n) is 5.29. The van der Waals surface area contributed by atoms with E-state index in [1.54, 1.807) is 7.11 Å². The van der Waals surface area contributed by atoms with Gasteiger partial charge in [0.25, 0.3) is 0 Å². The third kappa shape index (κ3) is 3.26. The van der Waals surface area contributed by atoms with Crippen LogP contribution in [0.3, 0.4) is 0 Å².